The second-order valence-corrected chi connectivity index (χ2v) is 9.45. The van der Waals surface area contributed by atoms with E-state index in [1.807, 2.05) is 60.7 Å². The van der Waals surface area contributed by atoms with Gasteiger partial charge >= 0.3 is 0 Å². The molecular formula is C31H23FN8. The van der Waals surface area contributed by atoms with Gasteiger partial charge in [0.2, 0.25) is 0 Å². The van der Waals surface area contributed by atoms with Crippen molar-refractivity contribution < 1.29 is 4.39 Å². The molecule has 40 heavy (non-hydrogen) atoms. The molecule has 5 heterocycles. The average Bonchev–Trinajstić information content (AvgIpc) is 3.63. The number of aromatic amines is 2. The highest BCUT2D eigenvalue weighted by Crippen LogP contribution is 2.34. The topological polar surface area (TPSA) is 108 Å². The first-order valence-electron chi connectivity index (χ1n) is 12.9. The van der Waals surface area contributed by atoms with Crippen molar-refractivity contribution in [3.63, 3.8) is 0 Å². The molecule has 0 atom stereocenters. The number of hydrogen-bond donors (Lipinski definition) is 3. The largest absolute Gasteiger partial charge is 0.337 e. The highest BCUT2D eigenvalue weighted by Gasteiger charge is 2.21. The van der Waals surface area contributed by atoms with Gasteiger partial charge in [0.15, 0.2) is 11.6 Å². The molecule has 8 nitrogen and oxygen atoms in total. The number of rotatable bonds is 7. The maximum Gasteiger partial charge on any atom is 0.161 e. The Morgan fingerprint density at radius 3 is 2.52 bits per heavy atom. The number of para-hydroxylation sites is 1. The van der Waals surface area contributed by atoms with Crippen molar-refractivity contribution in [3.8, 4) is 34.0 Å². The Balaban J connectivity index is 1.23. The fraction of sp³-hybridized carbons (Fsp3) is 0.0645. The first kappa shape index (κ1) is 23.8. The van der Waals surface area contributed by atoms with Gasteiger partial charge in [0.05, 0.1) is 33.8 Å². The van der Waals surface area contributed by atoms with E-state index in [9.17, 15) is 0 Å². The van der Waals surface area contributed by atoms with E-state index in [-0.39, 0.29) is 5.69 Å². The molecule has 0 aliphatic heterocycles. The molecule has 0 spiro atoms. The second-order valence-electron chi connectivity index (χ2n) is 9.45. The van der Waals surface area contributed by atoms with E-state index in [1.54, 1.807) is 24.8 Å². The van der Waals surface area contributed by atoms with E-state index in [1.165, 1.54) is 5.56 Å². The van der Waals surface area contributed by atoms with E-state index >= 15 is 4.39 Å². The lowest BCUT2D eigenvalue weighted by molar-refractivity contribution is 0.638. The van der Waals surface area contributed by atoms with E-state index in [2.05, 4.69) is 47.6 Å². The quantitative estimate of drug-likeness (QED) is 0.233. The summed E-state index contributed by atoms with van der Waals surface area (Å²) < 4.78 is 16.1. The molecule has 3 N–H and O–H groups in total. The summed E-state index contributed by atoms with van der Waals surface area (Å²) in [6.45, 7) is 1.32. The average molecular weight is 527 g/mol. The van der Waals surface area contributed by atoms with Gasteiger partial charge in [-0.2, -0.15) is 5.10 Å². The zero-order valence-corrected chi connectivity index (χ0v) is 21.3. The van der Waals surface area contributed by atoms with Crippen LogP contribution in [-0.2, 0) is 13.1 Å². The van der Waals surface area contributed by atoms with Gasteiger partial charge in [-0.1, -0.05) is 48.5 Å². The summed E-state index contributed by atoms with van der Waals surface area (Å²) in [5, 5.41) is 11.0. The van der Waals surface area contributed by atoms with Gasteiger partial charge in [-0.05, 0) is 35.4 Å². The summed E-state index contributed by atoms with van der Waals surface area (Å²) >= 11 is 0. The smallest absolute Gasteiger partial charge is 0.161 e. The number of H-pyrrole nitrogens is 2. The van der Waals surface area contributed by atoms with Crippen molar-refractivity contribution in [3.05, 3.63) is 115 Å². The number of pyridine rings is 3. The normalized spacial score (nSPS) is 11.4. The highest BCUT2D eigenvalue weighted by atomic mass is 19.1. The fourth-order valence-electron chi connectivity index (χ4n) is 4.88. The van der Waals surface area contributed by atoms with Crippen LogP contribution in [0.15, 0.2) is 97.6 Å². The molecule has 7 rings (SSSR count). The molecule has 0 bridgehead atoms. The molecule has 5 aromatic heterocycles. The Bertz CT molecular complexity index is 1950. The summed E-state index contributed by atoms with van der Waals surface area (Å²) in [6, 6.07) is 23.6. The molecule has 194 valence electrons. The number of imidazole rings is 1. The van der Waals surface area contributed by atoms with Gasteiger partial charge in [0.1, 0.15) is 11.4 Å². The summed E-state index contributed by atoms with van der Waals surface area (Å²) in [6.07, 6.45) is 6.73. The third-order valence-electron chi connectivity index (χ3n) is 6.79. The molecule has 0 amide bonds. The lowest BCUT2D eigenvalue weighted by atomic mass is 10.1. The Kier molecular flexibility index (Phi) is 6.02. The summed E-state index contributed by atoms with van der Waals surface area (Å²) in [5.74, 6) is -0.0273. The van der Waals surface area contributed by atoms with Crippen molar-refractivity contribution >= 4 is 21.9 Å². The Morgan fingerprint density at radius 2 is 1.65 bits per heavy atom. The number of halogens is 1. The molecule has 0 radical (unpaired) electrons. The maximum absolute atomic E-state index is 16.1. The predicted molar refractivity (Wildman–Crippen MR) is 152 cm³/mol. The zero-order chi connectivity index (χ0) is 26.9. The van der Waals surface area contributed by atoms with Gasteiger partial charge in [-0.15, -0.1) is 0 Å². The van der Waals surface area contributed by atoms with Gasteiger partial charge in [-0.3, -0.25) is 20.1 Å². The van der Waals surface area contributed by atoms with Crippen LogP contribution in [0.2, 0.25) is 0 Å². The summed E-state index contributed by atoms with van der Waals surface area (Å²) in [5.41, 5.74) is 7.02. The maximum atomic E-state index is 16.1. The van der Waals surface area contributed by atoms with Crippen LogP contribution in [0.3, 0.4) is 0 Å². The van der Waals surface area contributed by atoms with Crippen LogP contribution in [0.4, 0.5) is 4.39 Å². The van der Waals surface area contributed by atoms with Gasteiger partial charge < -0.3 is 10.3 Å². The van der Waals surface area contributed by atoms with Crippen molar-refractivity contribution in [2.75, 3.05) is 0 Å². The molecule has 0 unspecified atom stereocenters. The van der Waals surface area contributed by atoms with Gasteiger partial charge in [0.25, 0.3) is 0 Å². The SMILES string of the molecule is Fc1c(-c2cncc(CNCc3ccccc3)c2)ncc2[nH]nc(-c3nc4c(-c5ccccn5)cccc4[nH]3)c12. The van der Waals surface area contributed by atoms with E-state index < -0.39 is 5.82 Å². The molecule has 2 aromatic carbocycles. The summed E-state index contributed by atoms with van der Waals surface area (Å²) in [7, 11) is 0. The summed E-state index contributed by atoms with van der Waals surface area (Å²) in [4.78, 5) is 21.3. The lowest BCUT2D eigenvalue weighted by Crippen LogP contribution is -2.12. The number of aromatic nitrogens is 7. The van der Waals surface area contributed by atoms with Crippen LogP contribution in [0.5, 0.6) is 0 Å². The van der Waals surface area contributed by atoms with E-state index in [0.29, 0.717) is 34.5 Å². The predicted octanol–water partition coefficient (Wildman–Crippen LogP) is 6.05. The second kappa shape index (κ2) is 10.1. The minimum Gasteiger partial charge on any atom is -0.337 e. The Labute approximate surface area is 228 Å². The third-order valence-corrected chi connectivity index (χ3v) is 6.79. The molecule has 0 aliphatic rings. The molecule has 9 heteroatoms. The monoisotopic (exact) mass is 526 g/mol. The number of nitrogens with one attached hydrogen (secondary N) is 3. The van der Waals surface area contributed by atoms with Crippen molar-refractivity contribution in [1.29, 1.82) is 0 Å². The molecule has 0 saturated carbocycles. The van der Waals surface area contributed by atoms with Gasteiger partial charge in [0, 0.05) is 42.8 Å². The molecule has 0 aliphatic carbocycles. The first-order chi connectivity index (χ1) is 19.7. The minimum atomic E-state index is -0.483. The van der Waals surface area contributed by atoms with Crippen LogP contribution in [0.1, 0.15) is 11.1 Å². The fourth-order valence-corrected chi connectivity index (χ4v) is 4.88. The molecule has 0 saturated heterocycles. The molecule has 7 aromatic rings. The number of fused-ring (bicyclic) bond motifs is 2. The van der Waals surface area contributed by atoms with Crippen LogP contribution in [0.25, 0.3) is 56.0 Å². The Hall–Kier alpha value is -5.28. The van der Waals surface area contributed by atoms with E-state index in [4.69, 9.17) is 4.98 Å². The zero-order valence-electron chi connectivity index (χ0n) is 21.3. The molecular weight excluding hydrogens is 503 g/mol. The van der Waals surface area contributed by atoms with Crippen molar-refractivity contribution in [2.24, 2.45) is 0 Å². The van der Waals surface area contributed by atoms with E-state index in [0.717, 1.165) is 34.4 Å². The van der Waals surface area contributed by atoms with Crippen molar-refractivity contribution in [2.45, 2.75) is 13.1 Å². The minimum absolute atomic E-state index is 0.206. The van der Waals surface area contributed by atoms with Gasteiger partial charge in [-0.25, -0.2) is 9.37 Å². The van der Waals surface area contributed by atoms with Crippen LogP contribution < -0.4 is 5.32 Å². The van der Waals surface area contributed by atoms with Crippen molar-refractivity contribution in [1.82, 2.24) is 40.4 Å². The van der Waals surface area contributed by atoms with Crippen LogP contribution in [0, 0.1) is 5.82 Å². The number of nitrogens with zero attached hydrogens (tertiary/aromatic N) is 5. The first-order valence-corrected chi connectivity index (χ1v) is 12.9. The Morgan fingerprint density at radius 1 is 0.775 bits per heavy atom. The standard InChI is InChI=1S/C31H23FN8/c32-27-26-25(18-36-28(27)21-13-20(16-34-17-21)15-33-14-19-7-2-1-3-8-19)39-40-30(26)31-37-24-11-6-9-22(29(24)38-31)23-10-4-5-12-35-23/h1-13,16-18,33H,14-15H2,(H,37,38)(H,39,40). The van der Waals surface area contributed by atoms with Crippen LogP contribution >= 0.6 is 0 Å². The number of hydrogen-bond acceptors (Lipinski definition) is 6. The lowest BCUT2D eigenvalue weighted by Gasteiger charge is -2.08. The third kappa shape index (κ3) is 4.38. The van der Waals surface area contributed by atoms with Crippen LogP contribution in [-0.4, -0.2) is 35.1 Å². The molecule has 0 fully saturated rings. The number of benzene rings is 2. The highest BCUT2D eigenvalue weighted by molar-refractivity contribution is 5.97.